The minimum absolute atomic E-state index is 0.0365. The molecule has 2 N–H and O–H groups in total. The highest BCUT2D eigenvalue weighted by Crippen LogP contribution is 2.15. The van der Waals surface area contributed by atoms with Gasteiger partial charge in [0.15, 0.2) is 0 Å². The van der Waals surface area contributed by atoms with Crippen molar-refractivity contribution in [3.63, 3.8) is 0 Å². The van der Waals surface area contributed by atoms with Crippen molar-refractivity contribution < 1.29 is 19.2 Å². The van der Waals surface area contributed by atoms with Gasteiger partial charge in [-0.05, 0) is 36.3 Å². The largest absolute Gasteiger partial charge is 0.490 e. The molecule has 158 valence electrons. The zero-order valence-corrected chi connectivity index (χ0v) is 17.6. The van der Waals surface area contributed by atoms with E-state index in [1.54, 1.807) is 12.2 Å². The van der Waals surface area contributed by atoms with E-state index in [2.05, 4.69) is 43.1 Å². The lowest BCUT2D eigenvalue weighted by Gasteiger charge is -2.28. The number of aryl methyl sites for hydroxylation is 1. The van der Waals surface area contributed by atoms with Crippen molar-refractivity contribution in [2.24, 2.45) is 0 Å². The average molecular weight is 408 g/mol. The highest BCUT2D eigenvalue weighted by Gasteiger charge is 2.22. The number of ether oxygens (including phenoxy) is 2. The molecule has 1 fully saturated rings. The van der Waals surface area contributed by atoms with Crippen molar-refractivity contribution in [2.75, 3.05) is 39.5 Å². The van der Waals surface area contributed by atoms with E-state index < -0.39 is 0 Å². The zero-order chi connectivity index (χ0) is 21.2. The van der Waals surface area contributed by atoms with Crippen LogP contribution in [0.3, 0.4) is 0 Å². The van der Waals surface area contributed by atoms with Crippen LogP contribution in [0.5, 0.6) is 5.75 Å². The Kier molecular flexibility index (Phi) is 8.24. The summed E-state index contributed by atoms with van der Waals surface area (Å²) in [6.07, 6.45) is 5.12. The van der Waals surface area contributed by atoms with Crippen LogP contribution < -0.4 is 15.0 Å². The summed E-state index contributed by atoms with van der Waals surface area (Å²) in [4.78, 5) is 14.1. The number of carbonyl (C=O) groups excluding carboxylic acids is 1. The van der Waals surface area contributed by atoms with E-state index in [1.165, 1.54) is 10.5 Å². The maximum Gasteiger partial charge on any atom is 0.244 e. The highest BCUT2D eigenvalue weighted by atomic mass is 16.5. The monoisotopic (exact) mass is 407 g/mol. The van der Waals surface area contributed by atoms with Crippen LogP contribution >= 0.6 is 0 Å². The second kappa shape index (κ2) is 11.3. The van der Waals surface area contributed by atoms with E-state index in [4.69, 9.17) is 9.47 Å². The molecule has 3 rings (SSSR count). The van der Waals surface area contributed by atoms with Gasteiger partial charge in [-0.3, -0.25) is 4.79 Å². The third-order valence-corrected chi connectivity index (χ3v) is 5.16. The summed E-state index contributed by atoms with van der Waals surface area (Å²) in [6, 6.07) is 16.0. The van der Waals surface area contributed by atoms with Crippen LogP contribution in [0, 0.1) is 6.92 Å². The van der Waals surface area contributed by atoms with Gasteiger partial charge in [0.1, 0.15) is 38.0 Å². The minimum atomic E-state index is -0.0970. The lowest BCUT2D eigenvalue weighted by atomic mass is 10.0. The van der Waals surface area contributed by atoms with Crippen LogP contribution in [0.15, 0.2) is 67.3 Å². The summed E-state index contributed by atoms with van der Waals surface area (Å²) in [5.41, 5.74) is 3.29. The average Bonchev–Trinajstić information content (AvgIpc) is 2.78. The first-order valence-corrected chi connectivity index (χ1v) is 10.4. The van der Waals surface area contributed by atoms with E-state index in [0.29, 0.717) is 6.61 Å². The quantitative estimate of drug-likeness (QED) is 0.496. The Morgan fingerprint density at radius 1 is 1.17 bits per heavy atom. The smallest absolute Gasteiger partial charge is 0.244 e. The first kappa shape index (κ1) is 21.8. The third kappa shape index (κ3) is 6.87. The number of rotatable bonds is 9. The molecule has 0 unspecified atom stereocenters. The molecule has 0 aliphatic carbocycles. The van der Waals surface area contributed by atoms with Crippen molar-refractivity contribution >= 4 is 12.0 Å². The van der Waals surface area contributed by atoms with Crippen LogP contribution in [0.2, 0.25) is 0 Å². The second-order valence-electron chi connectivity index (χ2n) is 7.54. The number of benzene rings is 2. The molecule has 0 saturated carbocycles. The molecular weight excluding hydrogens is 376 g/mol. The van der Waals surface area contributed by atoms with Gasteiger partial charge in [0.05, 0.1) is 13.2 Å². The molecule has 2 aromatic rings. The van der Waals surface area contributed by atoms with Crippen LogP contribution in [0.4, 0.5) is 0 Å². The molecule has 0 aromatic heterocycles. The minimum Gasteiger partial charge on any atom is -0.490 e. The molecule has 1 saturated heterocycles. The van der Waals surface area contributed by atoms with E-state index in [1.807, 2.05) is 30.3 Å². The lowest BCUT2D eigenvalue weighted by Crippen LogP contribution is -3.14. The van der Waals surface area contributed by atoms with E-state index in [-0.39, 0.29) is 11.9 Å². The van der Waals surface area contributed by atoms with Gasteiger partial charge >= 0.3 is 0 Å². The van der Waals surface area contributed by atoms with Gasteiger partial charge in [0.2, 0.25) is 5.91 Å². The van der Waals surface area contributed by atoms with Crippen LogP contribution in [-0.4, -0.2) is 45.4 Å². The first-order chi connectivity index (χ1) is 14.6. The summed E-state index contributed by atoms with van der Waals surface area (Å²) in [5.74, 6) is 0.685. The lowest BCUT2D eigenvalue weighted by molar-refractivity contribution is -0.909. The zero-order valence-electron chi connectivity index (χ0n) is 17.6. The third-order valence-electron chi connectivity index (χ3n) is 5.16. The molecule has 1 aliphatic heterocycles. The summed E-state index contributed by atoms with van der Waals surface area (Å²) < 4.78 is 11.0. The van der Waals surface area contributed by atoms with Gasteiger partial charge in [-0.2, -0.15) is 0 Å². The highest BCUT2D eigenvalue weighted by molar-refractivity contribution is 5.92. The summed E-state index contributed by atoms with van der Waals surface area (Å²) in [5, 5.41) is 3.19. The van der Waals surface area contributed by atoms with Gasteiger partial charge in [-0.25, -0.2) is 0 Å². The Labute approximate surface area is 179 Å². The molecule has 1 aliphatic rings. The molecule has 5 heteroatoms. The number of amides is 1. The van der Waals surface area contributed by atoms with E-state index >= 15 is 0 Å². The number of nitrogens with one attached hydrogen (secondary N) is 2. The molecule has 5 nitrogen and oxygen atoms in total. The van der Waals surface area contributed by atoms with Crippen molar-refractivity contribution in [2.45, 2.75) is 13.0 Å². The standard InChI is InChI=1S/C25H30N2O3/c1-3-16-30-23-11-6-21(7-12-23)8-13-25(28)26-24(19-27-14-17-29-18-15-27)22-9-4-20(2)5-10-22/h3-13,24H,1,14-19H2,2H3,(H,26,28)/p+1/b13-8+/t24-/m0/s1. The van der Waals surface area contributed by atoms with Gasteiger partial charge in [0, 0.05) is 6.08 Å². The Hall–Kier alpha value is -2.89. The number of morpholine rings is 1. The van der Waals surface area contributed by atoms with Crippen LogP contribution in [-0.2, 0) is 9.53 Å². The van der Waals surface area contributed by atoms with Crippen molar-refractivity contribution in [3.8, 4) is 5.75 Å². The normalized spacial score (nSPS) is 15.6. The first-order valence-electron chi connectivity index (χ1n) is 10.4. The summed E-state index contributed by atoms with van der Waals surface area (Å²) >= 11 is 0. The molecular formula is C25H31N2O3+. The Morgan fingerprint density at radius 3 is 2.53 bits per heavy atom. The molecule has 0 radical (unpaired) electrons. The van der Waals surface area contributed by atoms with Gasteiger partial charge < -0.3 is 19.7 Å². The molecule has 1 atom stereocenters. The predicted octanol–water partition coefficient (Wildman–Crippen LogP) is 2.35. The maximum atomic E-state index is 12.6. The summed E-state index contributed by atoms with van der Waals surface area (Å²) in [6.45, 7) is 10.5. The van der Waals surface area contributed by atoms with E-state index in [9.17, 15) is 4.79 Å². The van der Waals surface area contributed by atoms with Gasteiger partial charge in [-0.1, -0.05) is 54.6 Å². The molecule has 0 spiro atoms. The molecule has 1 amide bonds. The number of hydrogen-bond donors (Lipinski definition) is 2. The van der Waals surface area contributed by atoms with Crippen LogP contribution in [0.1, 0.15) is 22.7 Å². The molecule has 2 aromatic carbocycles. The van der Waals surface area contributed by atoms with Crippen molar-refractivity contribution in [1.29, 1.82) is 0 Å². The van der Waals surface area contributed by atoms with Crippen molar-refractivity contribution in [1.82, 2.24) is 5.32 Å². The SMILES string of the molecule is C=CCOc1ccc(/C=C/C(=O)N[C@@H](C[NH+]2CCOCC2)c2ccc(C)cc2)cc1. The predicted molar refractivity (Wildman–Crippen MR) is 120 cm³/mol. The van der Waals surface area contributed by atoms with Crippen LogP contribution in [0.25, 0.3) is 6.08 Å². The maximum absolute atomic E-state index is 12.6. The fourth-order valence-electron chi connectivity index (χ4n) is 3.43. The molecule has 30 heavy (non-hydrogen) atoms. The van der Waals surface area contributed by atoms with Crippen molar-refractivity contribution in [3.05, 3.63) is 84.0 Å². The number of carbonyl (C=O) groups is 1. The topological polar surface area (TPSA) is 52.0 Å². The fraction of sp³-hybridized carbons (Fsp3) is 0.320. The fourth-order valence-corrected chi connectivity index (χ4v) is 3.43. The number of hydrogen-bond acceptors (Lipinski definition) is 3. The number of quaternary nitrogens is 1. The van der Waals surface area contributed by atoms with Gasteiger partial charge in [-0.15, -0.1) is 0 Å². The molecule has 1 heterocycles. The Bertz CT molecular complexity index is 838. The van der Waals surface area contributed by atoms with E-state index in [0.717, 1.165) is 49.7 Å². The second-order valence-corrected chi connectivity index (χ2v) is 7.54. The van der Waals surface area contributed by atoms with Gasteiger partial charge in [0.25, 0.3) is 0 Å². The Balaban J connectivity index is 1.63. The summed E-state index contributed by atoms with van der Waals surface area (Å²) in [7, 11) is 0. The molecule has 0 bridgehead atoms. The Morgan fingerprint density at radius 2 is 1.87 bits per heavy atom.